The molecule has 0 aliphatic heterocycles. The van der Waals surface area contributed by atoms with Crippen molar-refractivity contribution < 1.29 is 22.0 Å². The molecule has 0 unspecified atom stereocenters. The largest absolute Gasteiger partial charge is 0.435 e. The maximum atomic E-state index is 11.7. The van der Waals surface area contributed by atoms with Crippen LogP contribution >= 0.6 is 15.9 Å². The molecule has 0 spiro atoms. The number of hydrogen-bond acceptors (Lipinski definition) is 0. The molecule has 56 valence electrons. The Bertz CT molecular complexity index is 94.9. The molecule has 0 nitrogen and oxygen atoms in total. The van der Waals surface area contributed by atoms with Crippen LogP contribution in [0.3, 0.4) is 0 Å². The molecule has 0 amide bonds. The van der Waals surface area contributed by atoms with E-state index in [9.17, 15) is 22.0 Å². The van der Waals surface area contributed by atoms with E-state index >= 15 is 0 Å². The fraction of sp³-hybridized carbons (Fsp3) is 1.00. The van der Waals surface area contributed by atoms with Gasteiger partial charge >= 0.3 is 6.18 Å². The molecular weight excluding hydrogens is 211 g/mol. The van der Waals surface area contributed by atoms with Crippen molar-refractivity contribution in [1.82, 2.24) is 0 Å². The van der Waals surface area contributed by atoms with Crippen molar-refractivity contribution in [3.8, 4) is 0 Å². The van der Waals surface area contributed by atoms with Crippen LogP contribution in [-0.4, -0.2) is 17.4 Å². The van der Waals surface area contributed by atoms with Crippen molar-refractivity contribution in [2.75, 3.05) is 6.67 Å². The first kappa shape index (κ1) is 9.13. The second kappa shape index (κ2) is 2.40. The van der Waals surface area contributed by atoms with E-state index < -0.39 is 17.4 Å². The fourth-order valence-electron chi connectivity index (χ4n) is 0.0758. The lowest BCUT2D eigenvalue weighted by molar-refractivity contribution is -0.195. The van der Waals surface area contributed by atoms with Gasteiger partial charge in [-0.15, -0.1) is 0 Å². The molecule has 0 aromatic heterocycles. The third-order valence-corrected chi connectivity index (χ3v) is 1.24. The summed E-state index contributed by atoms with van der Waals surface area (Å²) in [6, 6.07) is 0. The Hall–Kier alpha value is 0.130. The van der Waals surface area contributed by atoms with Crippen molar-refractivity contribution in [1.29, 1.82) is 0 Å². The second-order valence-corrected chi connectivity index (χ2v) is 2.59. The van der Waals surface area contributed by atoms with Gasteiger partial charge in [0.1, 0.15) is 6.67 Å². The number of hydrogen-bond donors (Lipinski definition) is 0. The van der Waals surface area contributed by atoms with Gasteiger partial charge in [0.15, 0.2) is 0 Å². The lowest BCUT2D eigenvalue weighted by Crippen LogP contribution is -2.36. The highest BCUT2D eigenvalue weighted by Crippen LogP contribution is 2.39. The number of halogens is 6. The van der Waals surface area contributed by atoms with Crippen molar-refractivity contribution in [2.45, 2.75) is 10.8 Å². The summed E-state index contributed by atoms with van der Waals surface area (Å²) in [4.78, 5) is 0. The molecule has 0 heterocycles. The standard InChI is InChI=1S/C3H2BrF5/c4-2(6,1-5)3(7,8)9/h1H2/t2-/m0/s1. The predicted molar refractivity (Wildman–Crippen MR) is 24.8 cm³/mol. The van der Waals surface area contributed by atoms with Gasteiger partial charge in [0.2, 0.25) is 0 Å². The summed E-state index contributed by atoms with van der Waals surface area (Å²) >= 11 is 1.53. The molecule has 0 radical (unpaired) electrons. The van der Waals surface area contributed by atoms with Crippen molar-refractivity contribution in [2.24, 2.45) is 0 Å². The summed E-state index contributed by atoms with van der Waals surface area (Å²) in [5.41, 5.74) is 0. The van der Waals surface area contributed by atoms with Gasteiger partial charge in [-0.25, -0.2) is 8.78 Å². The van der Waals surface area contributed by atoms with Gasteiger partial charge in [0.05, 0.1) is 0 Å². The average molecular weight is 213 g/mol. The van der Waals surface area contributed by atoms with Crippen molar-refractivity contribution in [3.05, 3.63) is 0 Å². The molecular formula is C3H2BrF5. The van der Waals surface area contributed by atoms with Crippen LogP contribution in [0.25, 0.3) is 0 Å². The molecule has 0 rings (SSSR count). The van der Waals surface area contributed by atoms with E-state index in [2.05, 4.69) is 0 Å². The van der Waals surface area contributed by atoms with Crippen LogP contribution in [-0.2, 0) is 0 Å². The minimum atomic E-state index is -5.18. The first-order valence-electron chi connectivity index (χ1n) is 1.82. The molecule has 9 heavy (non-hydrogen) atoms. The zero-order valence-corrected chi connectivity index (χ0v) is 5.56. The molecule has 0 saturated carbocycles. The number of alkyl halides is 6. The maximum absolute atomic E-state index is 11.7. The second-order valence-electron chi connectivity index (χ2n) is 1.34. The van der Waals surface area contributed by atoms with Gasteiger partial charge < -0.3 is 0 Å². The Morgan fingerprint density at radius 3 is 1.44 bits per heavy atom. The van der Waals surface area contributed by atoms with Crippen LogP contribution < -0.4 is 0 Å². The molecule has 1 atom stereocenters. The fourth-order valence-corrected chi connectivity index (χ4v) is 0.0758. The summed E-state index contributed by atoms with van der Waals surface area (Å²) in [6.45, 7) is -2.11. The van der Waals surface area contributed by atoms with Crippen LogP contribution in [0, 0.1) is 0 Å². The molecule has 0 bridgehead atoms. The summed E-state index contributed by atoms with van der Waals surface area (Å²) in [7, 11) is 0. The van der Waals surface area contributed by atoms with E-state index in [1.165, 1.54) is 15.9 Å². The Morgan fingerprint density at radius 1 is 1.11 bits per heavy atom. The van der Waals surface area contributed by atoms with Gasteiger partial charge in [-0.3, -0.25) is 0 Å². The lowest BCUT2D eigenvalue weighted by Gasteiger charge is -2.16. The summed E-state index contributed by atoms with van der Waals surface area (Å²) in [5, 5.41) is 0. The van der Waals surface area contributed by atoms with Gasteiger partial charge in [0, 0.05) is 0 Å². The van der Waals surface area contributed by atoms with E-state index in [1.54, 1.807) is 0 Å². The van der Waals surface area contributed by atoms with E-state index in [0.29, 0.717) is 0 Å². The Labute approximate surface area is 56.2 Å². The van der Waals surface area contributed by atoms with E-state index in [0.717, 1.165) is 0 Å². The molecule has 0 fully saturated rings. The van der Waals surface area contributed by atoms with Crippen LogP contribution in [0.1, 0.15) is 0 Å². The van der Waals surface area contributed by atoms with Crippen LogP contribution in [0.2, 0.25) is 0 Å². The molecule has 0 saturated heterocycles. The quantitative estimate of drug-likeness (QED) is 0.463. The molecule has 0 aliphatic rings. The highest BCUT2D eigenvalue weighted by molar-refractivity contribution is 9.10. The molecule has 6 heteroatoms. The Morgan fingerprint density at radius 2 is 1.44 bits per heavy atom. The molecule has 0 aromatic rings. The van der Waals surface area contributed by atoms with Crippen LogP contribution in [0.4, 0.5) is 22.0 Å². The average Bonchev–Trinajstić information content (AvgIpc) is 1.64. The van der Waals surface area contributed by atoms with Gasteiger partial charge in [-0.05, 0) is 15.9 Å². The normalized spacial score (nSPS) is 19.3. The van der Waals surface area contributed by atoms with Crippen LogP contribution in [0.15, 0.2) is 0 Å². The third kappa shape index (κ3) is 2.08. The Kier molecular flexibility index (Phi) is 2.43. The van der Waals surface area contributed by atoms with Gasteiger partial charge in [0.25, 0.3) is 4.58 Å². The first-order chi connectivity index (χ1) is 3.81. The summed E-state index contributed by atoms with van der Waals surface area (Å²) in [6.07, 6.45) is -5.18. The minimum absolute atomic E-state index is 1.53. The first-order valence-corrected chi connectivity index (χ1v) is 2.61. The molecule has 0 N–H and O–H groups in total. The van der Waals surface area contributed by atoms with Crippen molar-refractivity contribution >= 4 is 15.9 Å². The van der Waals surface area contributed by atoms with E-state index in [1.807, 2.05) is 0 Å². The summed E-state index contributed by atoms with van der Waals surface area (Å²) in [5.74, 6) is 0. The van der Waals surface area contributed by atoms with E-state index in [-0.39, 0.29) is 0 Å². The maximum Gasteiger partial charge on any atom is 0.435 e. The zero-order chi connectivity index (χ0) is 7.71. The number of rotatable bonds is 1. The highest BCUT2D eigenvalue weighted by atomic mass is 79.9. The van der Waals surface area contributed by atoms with Gasteiger partial charge in [-0.2, -0.15) is 13.2 Å². The highest BCUT2D eigenvalue weighted by Gasteiger charge is 2.54. The lowest BCUT2D eigenvalue weighted by atomic mass is 10.4. The van der Waals surface area contributed by atoms with Crippen molar-refractivity contribution in [3.63, 3.8) is 0 Å². The van der Waals surface area contributed by atoms with Gasteiger partial charge in [-0.1, -0.05) is 0 Å². The third-order valence-electron chi connectivity index (χ3n) is 0.583. The van der Waals surface area contributed by atoms with E-state index in [4.69, 9.17) is 0 Å². The Balaban J connectivity index is 4.14. The summed E-state index contributed by atoms with van der Waals surface area (Å²) < 4.78 is 52.5. The predicted octanol–water partition coefficient (Wildman–Crippen LogP) is 2.58. The smallest absolute Gasteiger partial charge is 0.246 e. The zero-order valence-electron chi connectivity index (χ0n) is 3.97. The SMILES string of the molecule is FC[C@@](F)(Br)C(F)(F)F. The molecule has 0 aliphatic carbocycles. The molecule has 0 aromatic carbocycles. The topological polar surface area (TPSA) is 0 Å². The van der Waals surface area contributed by atoms with Crippen LogP contribution in [0.5, 0.6) is 0 Å². The minimum Gasteiger partial charge on any atom is -0.246 e. The monoisotopic (exact) mass is 212 g/mol.